The summed E-state index contributed by atoms with van der Waals surface area (Å²) in [7, 11) is 0. The number of pyridine rings is 1. The number of primary amides is 1. The maximum atomic E-state index is 11.7. The van der Waals surface area contributed by atoms with E-state index < -0.39 is 5.91 Å². The summed E-state index contributed by atoms with van der Waals surface area (Å²) in [4.78, 5) is 27.0. The molecule has 0 aliphatic carbocycles. The predicted molar refractivity (Wildman–Crippen MR) is 95.5 cm³/mol. The van der Waals surface area contributed by atoms with Gasteiger partial charge in [-0.05, 0) is 30.0 Å². The van der Waals surface area contributed by atoms with E-state index in [9.17, 15) is 9.59 Å². The number of nitrogens with one attached hydrogen (secondary N) is 1. The van der Waals surface area contributed by atoms with E-state index in [4.69, 9.17) is 10.5 Å². The number of ether oxygens (including phenoxy) is 1. The van der Waals surface area contributed by atoms with Gasteiger partial charge >= 0.3 is 0 Å². The van der Waals surface area contributed by atoms with Gasteiger partial charge in [0.05, 0.1) is 11.9 Å². The first-order chi connectivity index (χ1) is 11.6. The summed E-state index contributed by atoms with van der Waals surface area (Å²) in [6.07, 6.45) is 1.99. The first-order valence-corrected chi connectivity index (χ1v) is 8.65. The number of rotatable bonds is 8. The lowest BCUT2D eigenvalue weighted by molar-refractivity contribution is -0.115. The number of thioether (sulfide) groups is 1. The lowest BCUT2D eigenvalue weighted by Crippen LogP contribution is -2.12. The van der Waals surface area contributed by atoms with Crippen molar-refractivity contribution in [2.75, 3.05) is 16.8 Å². The van der Waals surface area contributed by atoms with Gasteiger partial charge in [0.1, 0.15) is 5.75 Å². The normalized spacial score (nSPS) is 10.2. The van der Waals surface area contributed by atoms with Crippen molar-refractivity contribution < 1.29 is 14.3 Å². The Kier molecular flexibility index (Phi) is 6.62. The Morgan fingerprint density at radius 2 is 2.12 bits per heavy atom. The van der Waals surface area contributed by atoms with Crippen LogP contribution >= 0.6 is 11.8 Å². The molecule has 7 heteroatoms. The molecule has 3 N–H and O–H groups in total. The highest BCUT2D eigenvalue weighted by molar-refractivity contribution is 7.99. The van der Waals surface area contributed by atoms with Crippen LogP contribution in [0.25, 0.3) is 0 Å². The van der Waals surface area contributed by atoms with E-state index in [0.29, 0.717) is 29.3 Å². The Balaban J connectivity index is 1.93. The highest BCUT2D eigenvalue weighted by Crippen LogP contribution is 2.21. The monoisotopic (exact) mass is 345 g/mol. The molecule has 1 aromatic carbocycles. The molecule has 0 aliphatic rings. The van der Waals surface area contributed by atoms with Crippen molar-refractivity contribution in [1.82, 2.24) is 4.98 Å². The Labute approximate surface area is 144 Å². The lowest BCUT2D eigenvalue weighted by Gasteiger charge is -2.08. The van der Waals surface area contributed by atoms with E-state index in [1.54, 1.807) is 48.2 Å². The summed E-state index contributed by atoms with van der Waals surface area (Å²) < 4.78 is 5.57. The van der Waals surface area contributed by atoms with Gasteiger partial charge in [0.2, 0.25) is 17.7 Å². The number of hydrogen-bond acceptors (Lipinski definition) is 5. The number of benzene rings is 1. The van der Waals surface area contributed by atoms with Crippen LogP contribution in [-0.4, -0.2) is 28.3 Å². The minimum Gasteiger partial charge on any atom is -0.439 e. The van der Waals surface area contributed by atoms with Crippen LogP contribution in [0.5, 0.6) is 11.6 Å². The van der Waals surface area contributed by atoms with Crippen LogP contribution < -0.4 is 15.8 Å². The zero-order chi connectivity index (χ0) is 17.4. The third kappa shape index (κ3) is 5.58. The second-order valence-electron chi connectivity index (χ2n) is 4.87. The molecule has 2 amide bonds. The second-order valence-corrected chi connectivity index (χ2v) is 6.27. The van der Waals surface area contributed by atoms with Crippen molar-refractivity contribution in [1.29, 1.82) is 0 Å². The Hall–Kier alpha value is -2.54. The number of carbonyl (C=O) groups excluding carboxylic acids is 2. The SMILES string of the molecule is CCSCCC(=O)Nc1ccc(Oc2cccc(C(N)=O)c2)nc1. The van der Waals surface area contributed by atoms with E-state index in [0.717, 1.165) is 11.5 Å². The molecule has 0 fully saturated rings. The van der Waals surface area contributed by atoms with Crippen molar-refractivity contribution in [3.63, 3.8) is 0 Å². The fourth-order valence-electron chi connectivity index (χ4n) is 1.88. The van der Waals surface area contributed by atoms with Crippen LogP contribution in [0, 0.1) is 0 Å². The average molecular weight is 345 g/mol. The van der Waals surface area contributed by atoms with Crippen molar-refractivity contribution in [3.8, 4) is 11.6 Å². The molecule has 2 aromatic rings. The smallest absolute Gasteiger partial charge is 0.248 e. The molecule has 1 aromatic heterocycles. The molecule has 0 bridgehead atoms. The number of nitrogens with two attached hydrogens (primary N) is 1. The average Bonchev–Trinajstić information content (AvgIpc) is 2.57. The summed E-state index contributed by atoms with van der Waals surface area (Å²) in [5.41, 5.74) is 6.21. The molecule has 0 saturated carbocycles. The van der Waals surface area contributed by atoms with Gasteiger partial charge in [0.25, 0.3) is 0 Å². The quantitative estimate of drug-likeness (QED) is 0.717. The van der Waals surface area contributed by atoms with Crippen molar-refractivity contribution in [3.05, 3.63) is 48.2 Å². The third-order valence-corrected chi connectivity index (χ3v) is 3.94. The van der Waals surface area contributed by atoms with Crippen LogP contribution in [0.2, 0.25) is 0 Å². The molecule has 24 heavy (non-hydrogen) atoms. The van der Waals surface area contributed by atoms with Gasteiger partial charge < -0.3 is 15.8 Å². The minimum atomic E-state index is -0.521. The van der Waals surface area contributed by atoms with E-state index in [1.165, 1.54) is 6.20 Å². The van der Waals surface area contributed by atoms with Gasteiger partial charge in [-0.25, -0.2) is 4.98 Å². The number of anilines is 1. The van der Waals surface area contributed by atoms with Gasteiger partial charge in [0, 0.05) is 23.8 Å². The molecule has 0 atom stereocenters. The van der Waals surface area contributed by atoms with Gasteiger partial charge in [-0.15, -0.1) is 0 Å². The van der Waals surface area contributed by atoms with Crippen LogP contribution in [-0.2, 0) is 4.79 Å². The van der Waals surface area contributed by atoms with E-state index in [-0.39, 0.29) is 5.91 Å². The van der Waals surface area contributed by atoms with E-state index in [2.05, 4.69) is 17.2 Å². The summed E-state index contributed by atoms with van der Waals surface area (Å²) >= 11 is 1.72. The molecule has 0 radical (unpaired) electrons. The third-order valence-electron chi connectivity index (χ3n) is 3.04. The molecule has 1 heterocycles. The molecule has 0 unspecified atom stereocenters. The first-order valence-electron chi connectivity index (χ1n) is 7.50. The highest BCUT2D eigenvalue weighted by atomic mass is 32.2. The Bertz CT molecular complexity index is 704. The number of nitrogens with zero attached hydrogens (tertiary/aromatic N) is 1. The fraction of sp³-hybridized carbons (Fsp3) is 0.235. The largest absolute Gasteiger partial charge is 0.439 e. The fourth-order valence-corrected chi connectivity index (χ4v) is 2.50. The maximum Gasteiger partial charge on any atom is 0.248 e. The number of amides is 2. The van der Waals surface area contributed by atoms with Crippen molar-refractivity contribution in [2.45, 2.75) is 13.3 Å². The molecule has 6 nitrogen and oxygen atoms in total. The second kappa shape index (κ2) is 8.93. The summed E-state index contributed by atoms with van der Waals surface area (Å²) in [6, 6.07) is 9.90. The Morgan fingerprint density at radius 3 is 2.79 bits per heavy atom. The highest BCUT2D eigenvalue weighted by Gasteiger charge is 2.05. The lowest BCUT2D eigenvalue weighted by atomic mass is 10.2. The molecule has 0 saturated heterocycles. The van der Waals surface area contributed by atoms with Crippen LogP contribution in [0.15, 0.2) is 42.6 Å². The molecule has 0 spiro atoms. The van der Waals surface area contributed by atoms with E-state index >= 15 is 0 Å². The molecular formula is C17H19N3O3S. The van der Waals surface area contributed by atoms with Crippen LogP contribution in [0.3, 0.4) is 0 Å². The van der Waals surface area contributed by atoms with Gasteiger partial charge in [0.15, 0.2) is 0 Å². The van der Waals surface area contributed by atoms with Gasteiger partial charge in [-0.1, -0.05) is 13.0 Å². The van der Waals surface area contributed by atoms with E-state index in [1.807, 2.05) is 0 Å². The molecule has 0 aliphatic heterocycles. The molecule has 2 rings (SSSR count). The summed E-state index contributed by atoms with van der Waals surface area (Å²) in [5.74, 6) is 2.06. The molecular weight excluding hydrogens is 326 g/mol. The topological polar surface area (TPSA) is 94.3 Å². The van der Waals surface area contributed by atoms with Gasteiger partial charge in [-0.3, -0.25) is 9.59 Å². The first kappa shape index (κ1) is 17.8. The number of carbonyl (C=O) groups is 2. The zero-order valence-corrected chi connectivity index (χ0v) is 14.1. The van der Waals surface area contributed by atoms with Crippen LogP contribution in [0.1, 0.15) is 23.7 Å². The zero-order valence-electron chi connectivity index (χ0n) is 13.3. The maximum absolute atomic E-state index is 11.7. The number of hydrogen-bond donors (Lipinski definition) is 2. The minimum absolute atomic E-state index is 0.0411. The standard InChI is InChI=1S/C17H19N3O3S/c1-2-24-9-8-15(21)20-13-6-7-16(19-11-13)23-14-5-3-4-12(10-14)17(18)22/h3-7,10-11H,2,8-9H2,1H3,(H2,18,22)(H,20,21). The van der Waals surface area contributed by atoms with Crippen molar-refractivity contribution >= 4 is 29.3 Å². The Morgan fingerprint density at radius 1 is 1.29 bits per heavy atom. The predicted octanol–water partition coefficient (Wildman–Crippen LogP) is 3.05. The summed E-state index contributed by atoms with van der Waals surface area (Å²) in [5, 5.41) is 2.78. The van der Waals surface area contributed by atoms with Crippen LogP contribution in [0.4, 0.5) is 5.69 Å². The summed E-state index contributed by atoms with van der Waals surface area (Å²) in [6.45, 7) is 2.06. The molecule has 126 valence electrons. The van der Waals surface area contributed by atoms with Gasteiger partial charge in [-0.2, -0.15) is 11.8 Å². The number of aromatic nitrogens is 1. The van der Waals surface area contributed by atoms with Crippen molar-refractivity contribution in [2.24, 2.45) is 5.73 Å².